The molecule has 13 heavy (non-hydrogen) atoms. The fourth-order valence-electron chi connectivity index (χ4n) is 3.98. The zero-order chi connectivity index (χ0) is 9.26. The van der Waals surface area contributed by atoms with E-state index in [1.54, 1.807) is 38.5 Å². The monoisotopic (exact) mass is 184 g/mol. The molecule has 4 saturated carbocycles. The maximum Gasteiger partial charge on any atom is 0.140 e. The van der Waals surface area contributed by atoms with Gasteiger partial charge in [0.15, 0.2) is 0 Å². The molecule has 0 aromatic rings. The smallest absolute Gasteiger partial charge is 0.140 e. The van der Waals surface area contributed by atoms with Gasteiger partial charge < -0.3 is 10.2 Å². The molecule has 0 heterocycles. The maximum atomic E-state index is 7.12. The lowest BCUT2D eigenvalue weighted by Crippen LogP contribution is -2.38. The van der Waals surface area contributed by atoms with E-state index in [1.807, 2.05) is 0 Å². The van der Waals surface area contributed by atoms with E-state index in [4.69, 9.17) is 10.2 Å². The molecule has 4 fully saturated rings. The Kier molecular flexibility index (Phi) is 2.89. The highest BCUT2D eigenvalue weighted by Crippen LogP contribution is 2.53. The van der Waals surface area contributed by atoms with Gasteiger partial charge in [-0.1, -0.05) is 0 Å². The third kappa shape index (κ3) is 2.05. The van der Waals surface area contributed by atoms with Crippen molar-refractivity contribution >= 4 is 0 Å². The van der Waals surface area contributed by atoms with Gasteiger partial charge in [0.05, 0.1) is 0 Å². The Labute approximate surface area is 80.0 Å². The zero-order valence-electron chi connectivity index (χ0n) is 8.15. The summed E-state index contributed by atoms with van der Waals surface area (Å²) in [5, 5.41) is 14.2. The molecule has 2 N–H and O–H groups in total. The summed E-state index contributed by atoms with van der Waals surface area (Å²) >= 11 is 0. The van der Waals surface area contributed by atoms with Crippen LogP contribution in [0.25, 0.3) is 0 Å². The second kappa shape index (κ2) is 3.97. The van der Waals surface area contributed by atoms with Crippen LogP contribution < -0.4 is 0 Å². The van der Waals surface area contributed by atoms with Gasteiger partial charge in [-0.3, -0.25) is 0 Å². The van der Waals surface area contributed by atoms with Crippen molar-refractivity contribution in [3.05, 3.63) is 0 Å². The molecule has 0 saturated heterocycles. The van der Waals surface area contributed by atoms with Gasteiger partial charge in [0.2, 0.25) is 0 Å². The first-order chi connectivity index (χ1) is 6.31. The van der Waals surface area contributed by atoms with E-state index in [9.17, 15) is 0 Å². The summed E-state index contributed by atoms with van der Waals surface area (Å²) in [4.78, 5) is 0. The summed E-state index contributed by atoms with van der Waals surface area (Å²) in [5.41, 5.74) is 0. The quantitative estimate of drug-likeness (QED) is 0.563. The predicted octanol–water partition coefficient (Wildman–Crippen LogP) is 1.76. The molecule has 0 aliphatic heterocycles. The SMILES string of the molecule is C1C2CC3CC1CC(C2)C3.OCO. The standard InChI is InChI=1S/C10H16.CH4O2/c1-7-2-9-4-8(1)5-10(3-7)6-9;2-1-3/h7-10H,1-6H2;2-3H,1H2. The van der Waals surface area contributed by atoms with Crippen LogP contribution in [0.5, 0.6) is 0 Å². The lowest BCUT2D eigenvalue weighted by molar-refractivity contribution is 0.0198. The van der Waals surface area contributed by atoms with Gasteiger partial charge in [0.1, 0.15) is 6.79 Å². The minimum Gasteiger partial charge on any atom is -0.371 e. The number of rotatable bonds is 0. The van der Waals surface area contributed by atoms with Gasteiger partial charge in [0.25, 0.3) is 0 Å². The predicted molar refractivity (Wildman–Crippen MR) is 51.0 cm³/mol. The summed E-state index contributed by atoms with van der Waals surface area (Å²) in [7, 11) is 0. The van der Waals surface area contributed by atoms with E-state index < -0.39 is 6.79 Å². The second-order valence-corrected chi connectivity index (χ2v) is 5.02. The van der Waals surface area contributed by atoms with Crippen LogP contribution in [0, 0.1) is 23.7 Å². The molecular formula is C11H20O2. The average Bonchev–Trinajstić information content (AvgIpc) is 2.01. The molecule has 2 heteroatoms. The Bertz CT molecular complexity index is 111. The van der Waals surface area contributed by atoms with Crippen molar-refractivity contribution < 1.29 is 10.2 Å². The number of hydrogen-bond acceptors (Lipinski definition) is 2. The topological polar surface area (TPSA) is 40.5 Å². The molecule has 4 bridgehead atoms. The molecule has 4 rings (SSSR count). The van der Waals surface area contributed by atoms with Crippen LogP contribution in [0.1, 0.15) is 38.5 Å². The number of aliphatic hydroxyl groups excluding tert-OH is 1. The molecule has 0 amide bonds. The van der Waals surface area contributed by atoms with Crippen LogP contribution >= 0.6 is 0 Å². The summed E-state index contributed by atoms with van der Waals surface area (Å²) in [6.45, 7) is -0.750. The zero-order valence-corrected chi connectivity index (χ0v) is 8.15. The van der Waals surface area contributed by atoms with E-state index in [2.05, 4.69) is 0 Å². The normalized spacial score (nSPS) is 45.7. The van der Waals surface area contributed by atoms with Gasteiger partial charge in [0, 0.05) is 0 Å². The van der Waals surface area contributed by atoms with Crippen molar-refractivity contribution in [2.45, 2.75) is 38.5 Å². The first-order valence-corrected chi connectivity index (χ1v) is 5.53. The van der Waals surface area contributed by atoms with Crippen LogP contribution in [0.15, 0.2) is 0 Å². The Morgan fingerprint density at radius 3 is 0.923 bits per heavy atom. The fourth-order valence-corrected chi connectivity index (χ4v) is 3.98. The Balaban J connectivity index is 0.000000196. The molecule has 0 spiro atoms. The first-order valence-electron chi connectivity index (χ1n) is 5.53. The lowest BCUT2D eigenvalue weighted by atomic mass is 9.56. The molecule has 4 aliphatic carbocycles. The lowest BCUT2D eigenvalue weighted by Gasteiger charge is -2.49. The third-order valence-corrected chi connectivity index (χ3v) is 4.00. The molecule has 0 unspecified atom stereocenters. The third-order valence-electron chi connectivity index (χ3n) is 4.00. The molecule has 0 aromatic heterocycles. The van der Waals surface area contributed by atoms with E-state index >= 15 is 0 Å². The minimum absolute atomic E-state index is 0.750. The highest BCUT2D eigenvalue weighted by atomic mass is 16.5. The molecule has 0 atom stereocenters. The van der Waals surface area contributed by atoms with Crippen LogP contribution in [-0.2, 0) is 0 Å². The van der Waals surface area contributed by atoms with E-state index in [-0.39, 0.29) is 0 Å². The van der Waals surface area contributed by atoms with Crippen molar-refractivity contribution in [2.24, 2.45) is 23.7 Å². The Morgan fingerprint density at radius 2 is 0.769 bits per heavy atom. The van der Waals surface area contributed by atoms with Gasteiger partial charge in [-0.25, -0.2) is 0 Å². The van der Waals surface area contributed by atoms with Crippen LogP contribution in [-0.4, -0.2) is 17.0 Å². The largest absolute Gasteiger partial charge is 0.371 e. The van der Waals surface area contributed by atoms with Crippen molar-refractivity contribution in [1.29, 1.82) is 0 Å². The molecular weight excluding hydrogens is 164 g/mol. The van der Waals surface area contributed by atoms with Gasteiger partial charge in [-0.05, 0) is 62.2 Å². The van der Waals surface area contributed by atoms with Gasteiger partial charge >= 0.3 is 0 Å². The molecule has 0 aromatic carbocycles. The Morgan fingerprint density at radius 1 is 0.615 bits per heavy atom. The molecule has 76 valence electrons. The average molecular weight is 184 g/mol. The van der Waals surface area contributed by atoms with E-state index in [0.29, 0.717) is 0 Å². The van der Waals surface area contributed by atoms with E-state index in [0.717, 1.165) is 0 Å². The Hall–Kier alpha value is -0.0800. The van der Waals surface area contributed by atoms with Crippen molar-refractivity contribution in [1.82, 2.24) is 0 Å². The van der Waals surface area contributed by atoms with Gasteiger partial charge in [-0.15, -0.1) is 0 Å². The van der Waals surface area contributed by atoms with Crippen LogP contribution in [0.3, 0.4) is 0 Å². The molecule has 0 radical (unpaired) electrons. The summed E-state index contributed by atoms with van der Waals surface area (Å²) < 4.78 is 0. The van der Waals surface area contributed by atoms with Crippen LogP contribution in [0.2, 0.25) is 0 Å². The molecule has 4 aliphatic rings. The van der Waals surface area contributed by atoms with Gasteiger partial charge in [-0.2, -0.15) is 0 Å². The summed E-state index contributed by atoms with van der Waals surface area (Å²) in [6.07, 6.45) is 9.62. The van der Waals surface area contributed by atoms with Crippen molar-refractivity contribution in [2.75, 3.05) is 6.79 Å². The minimum atomic E-state index is -0.750. The van der Waals surface area contributed by atoms with Crippen LogP contribution in [0.4, 0.5) is 0 Å². The van der Waals surface area contributed by atoms with Crippen molar-refractivity contribution in [3.63, 3.8) is 0 Å². The highest BCUT2D eigenvalue weighted by Gasteiger charge is 2.41. The summed E-state index contributed by atoms with van der Waals surface area (Å²) in [6, 6.07) is 0. The summed E-state index contributed by atoms with van der Waals surface area (Å²) in [5.74, 6) is 4.71. The number of hydrogen-bond donors (Lipinski definition) is 2. The van der Waals surface area contributed by atoms with E-state index in [1.165, 1.54) is 23.7 Å². The maximum absolute atomic E-state index is 7.12. The fraction of sp³-hybridized carbons (Fsp3) is 1.00. The number of aliphatic hydroxyl groups is 2. The molecule has 2 nitrogen and oxygen atoms in total. The second-order valence-electron chi connectivity index (χ2n) is 5.02. The first kappa shape index (κ1) is 9.47. The highest BCUT2D eigenvalue weighted by molar-refractivity contribution is 4.92. The van der Waals surface area contributed by atoms with Crippen molar-refractivity contribution in [3.8, 4) is 0 Å².